The molecule has 0 heterocycles. The molecule has 1 rings (SSSR count). The smallest absolute Gasteiger partial charge is 0.150 e. The van der Waals surface area contributed by atoms with E-state index in [-0.39, 0.29) is 0 Å². The zero-order chi connectivity index (χ0) is 50.6. The minimum Gasteiger partial charge on any atom is -0.493 e. The van der Waals surface area contributed by atoms with Gasteiger partial charge in [-0.1, -0.05) is 191 Å². The van der Waals surface area contributed by atoms with Gasteiger partial charge >= 0.3 is 0 Å². The summed E-state index contributed by atoms with van der Waals surface area (Å²) in [6.07, 6.45) is 10.8. The van der Waals surface area contributed by atoms with Gasteiger partial charge in [0.05, 0.1) is 44.0 Å². The maximum atomic E-state index is 6.79. The van der Waals surface area contributed by atoms with Gasteiger partial charge in [0.2, 0.25) is 0 Å². The van der Waals surface area contributed by atoms with Crippen LogP contribution in [-0.4, -0.2) is 88.3 Å². The zero-order valence-electron chi connectivity index (χ0n) is 45.3. The average Bonchev–Trinajstić information content (AvgIpc) is 3.11. The molecule has 0 unspecified atom stereocenters. The molecule has 66 heavy (non-hydrogen) atoms. The molecule has 0 radical (unpaired) electrons. The molecule has 0 aliphatic carbocycles. The van der Waals surface area contributed by atoms with Crippen molar-refractivity contribution < 1.29 is 14.2 Å². The summed E-state index contributed by atoms with van der Waals surface area (Å²) in [7, 11) is -13.9. The molecule has 0 bridgehead atoms. The van der Waals surface area contributed by atoms with E-state index in [4.69, 9.17) is 80.7 Å². The van der Waals surface area contributed by atoms with E-state index in [0.29, 0.717) is 19.8 Å². The van der Waals surface area contributed by atoms with Crippen LogP contribution in [0.1, 0.15) is 57.8 Å². The van der Waals surface area contributed by atoms with E-state index in [1.807, 2.05) is 0 Å². The molecule has 0 saturated carbocycles. The molecular formula is C48H102Cl6O3Si9. The Hall–Kier alpha value is 2.31. The molecule has 0 spiro atoms. The quantitative estimate of drug-likeness (QED) is 0.0374. The van der Waals surface area contributed by atoms with Gasteiger partial charge in [-0.25, -0.2) is 0 Å². The van der Waals surface area contributed by atoms with Gasteiger partial charge in [0.25, 0.3) is 0 Å². The van der Waals surface area contributed by atoms with Crippen molar-refractivity contribution >= 4 is 135 Å². The fraction of sp³-hybridized carbons (Fsp3) is 0.875. The summed E-state index contributed by atoms with van der Waals surface area (Å²) in [5, 5.41) is 0. The van der Waals surface area contributed by atoms with E-state index in [9.17, 15) is 0 Å². The third kappa shape index (κ3) is 38.0. The molecular weight excluding hydrogens is 1090 g/mol. The molecule has 0 aliphatic rings. The largest absolute Gasteiger partial charge is 0.493 e. The second-order valence-electron chi connectivity index (χ2n) is 25.4. The summed E-state index contributed by atoms with van der Waals surface area (Å²) in [5.74, 6) is 2.57. The minimum atomic E-state index is -1.58. The molecule has 0 amide bonds. The first-order valence-corrected chi connectivity index (χ1v) is 60.8. The summed E-state index contributed by atoms with van der Waals surface area (Å²) in [6, 6.07) is 25.4. The Morgan fingerprint density at radius 1 is 0.258 bits per heavy atom. The van der Waals surface area contributed by atoms with Crippen molar-refractivity contribution in [1.82, 2.24) is 0 Å². The fourth-order valence-electron chi connectivity index (χ4n) is 9.60. The Morgan fingerprint density at radius 2 is 0.409 bits per heavy atom. The normalized spacial score (nSPS) is 14.0. The van der Waals surface area contributed by atoms with Crippen LogP contribution in [0.3, 0.4) is 0 Å². The fourth-order valence-corrected chi connectivity index (χ4v) is 31.7. The molecule has 0 aromatic heterocycles. The van der Waals surface area contributed by atoms with Crippen LogP contribution in [0, 0.1) is 0 Å². The molecule has 0 aliphatic heterocycles. The van der Waals surface area contributed by atoms with Gasteiger partial charge in [0, 0.05) is 18.2 Å². The van der Waals surface area contributed by atoms with Crippen molar-refractivity contribution in [2.75, 3.05) is 19.8 Å². The second kappa shape index (κ2) is 30.6. The van der Waals surface area contributed by atoms with E-state index in [1.165, 1.54) is 129 Å². The van der Waals surface area contributed by atoms with Crippen molar-refractivity contribution in [3.05, 3.63) is 18.2 Å². The van der Waals surface area contributed by atoms with Crippen LogP contribution in [0.25, 0.3) is 0 Å². The zero-order valence-corrected chi connectivity index (χ0v) is 58.9. The minimum absolute atomic E-state index is 0.707. The summed E-state index contributed by atoms with van der Waals surface area (Å²) >= 11 is 40.7. The van der Waals surface area contributed by atoms with Crippen LogP contribution in [0.5, 0.6) is 17.2 Å². The third-order valence-corrected chi connectivity index (χ3v) is 40.4. The van der Waals surface area contributed by atoms with Crippen LogP contribution < -0.4 is 14.2 Å². The standard InChI is InChI=1S/C48H102Cl6O3Si9/c1-58(2,49)28-19-37-64(13,38-20-29-59(3,4)50)34-16-25-55-46-43-47(56-26-17-35-65(14,39-21-30-60(5,6)51)40-22-31-61(7,8)52)45-48(44-46)57-27-18-36-66(15,41-23-32-62(9,10)53)42-24-33-63(11,12)54/h43-45H,16-42H2,1-15H3. The monoisotopic (exact) mass is 1190 g/mol. The molecule has 390 valence electrons. The first kappa shape index (κ1) is 66.3. The van der Waals surface area contributed by atoms with E-state index in [2.05, 4.69) is 116 Å². The van der Waals surface area contributed by atoms with Crippen molar-refractivity contribution in [3.63, 3.8) is 0 Å². The lowest BCUT2D eigenvalue weighted by atomic mass is 10.3. The van der Waals surface area contributed by atoms with Crippen molar-refractivity contribution in [2.24, 2.45) is 0 Å². The lowest BCUT2D eigenvalue weighted by Gasteiger charge is -2.30. The highest BCUT2D eigenvalue weighted by atomic mass is 35.6. The van der Waals surface area contributed by atoms with Gasteiger partial charge in [-0.15, -0.1) is 0 Å². The van der Waals surface area contributed by atoms with E-state index >= 15 is 0 Å². The van der Waals surface area contributed by atoms with Crippen LogP contribution in [-0.2, 0) is 0 Å². The Balaban J connectivity index is 3.21. The highest BCUT2D eigenvalue weighted by molar-refractivity contribution is 7.21. The molecule has 3 nitrogen and oxygen atoms in total. The van der Waals surface area contributed by atoms with Gasteiger partial charge in [-0.05, 0) is 55.5 Å². The topological polar surface area (TPSA) is 27.7 Å². The summed E-state index contributed by atoms with van der Waals surface area (Å²) < 4.78 is 19.9. The van der Waals surface area contributed by atoms with Crippen LogP contribution in [0.4, 0.5) is 0 Å². The number of hydrogen-bond donors (Lipinski definition) is 0. The number of benzene rings is 1. The summed E-state index contributed by atoms with van der Waals surface area (Å²) in [5.41, 5.74) is 0. The average molecular weight is 1190 g/mol. The number of ether oxygens (including phenoxy) is 3. The van der Waals surface area contributed by atoms with Crippen molar-refractivity contribution in [3.8, 4) is 17.2 Å². The number of halogens is 6. The predicted molar refractivity (Wildman–Crippen MR) is 331 cm³/mol. The molecule has 0 fully saturated rings. The molecule has 1 aromatic rings. The van der Waals surface area contributed by atoms with E-state index in [0.717, 1.165) is 36.5 Å². The Morgan fingerprint density at radius 3 is 0.561 bits per heavy atom. The summed E-state index contributed by atoms with van der Waals surface area (Å²) in [4.78, 5) is 0. The lowest BCUT2D eigenvalue weighted by Crippen LogP contribution is -2.32. The maximum Gasteiger partial charge on any atom is 0.150 e. The van der Waals surface area contributed by atoms with Crippen LogP contribution in [0.2, 0.25) is 189 Å². The molecule has 1 aromatic carbocycles. The SMILES string of the molecule is C[Si](C)(Cl)CCC[Si](C)(CCCOc1cc(OCCC[Si](C)(CCC[Si](C)(C)Cl)CCC[Si](C)(C)Cl)cc(OCCC[Si](C)(CCC[Si](C)(C)Cl)CCC[Si](C)(C)Cl)c1)CCC[Si](C)(C)Cl. The molecule has 0 atom stereocenters. The first-order valence-electron chi connectivity index (χ1n) is 26.1. The lowest BCUT2D eigenvalue weighted by molar-refractivity contribution is 0.286. The van der Waals surface area contributed by atoms with Crippen LogP contribution in [0.15, 0.2) is 18.2 Å². The van der Waals surface area contributed by atoms with E-state index < -0.39 is 68.5 Å². The second-order valence-corrected chi connectivity index (χ2v) is 82.8. The Labute approximate surface area is 447 Å². The highest BCUT2D eigenvalue weighted by Crippen LogP contribution is 2.36. The number of hydrogen-bond acceptors (Lipinski definition) is 3. The predicted octanol–water partition coefficient (Wildman–Crippen LogP) is 21.2. The maximum absolute atomic E-state index is 6.79. The summed E-state index contributed by atoms with van der Waals surface area (Å²) in [6.45, 7) is 37.4. The Kier molecular flexibility index (Phi) is 30.8. The molecule has 0 saturated heterocycles. The van der Waals surface area contributed by atoms with Gasteiger partial charge in [-0.2, -0.15) is 66.5 Å². The first-order chi connectivity index (χ1) is 30.0. The Bertz CT molecular complexity index is 1230. The van der Waals surface area contributed by atoms with Crippen molar-refractivity contribution in [1.29, 1.82) is 0 Å². The van der Waals surface area contributed by atoms with Gasteiger partial charge in [0.1, 0.15) is 61.6 Å². The van der Waals surface area contributed by atoms with Gasteiger partial charge in [0.15, 0.2) is 0 Å². The molecule has 0 N–H and O–H groups in total. The third-order valence-electron chi connectivity index (χ3n) is 13.7. The van der Waals surface area contributed by atoms with Gasteiger partial charge < -0.3 is 14.2 Å². The van der Waals surface area contributed by atoms with Gasteiger partial charge in [-0.3, -0.25) is 0 Å². The van der Waals surface area contributed by atoms with Crippen molar-refractivity contribution in [2.45, 2.75) is 247 Å². The number of rotatable bonds is 39. The molecule has 18 heteroatoms. The van der Waals surface area contributed by atoms with Crippen LogP contribution >= 0.6 is 66.5 Å². The highest BCUT2D eigenvalue weighted by Gasteiger charge is 2.32. The van der Waals surface area contributed by atoms with E-state index in [1.54, 1.807) is 0 Å².